The summed E-state index contributed by atoms with van der Waals surface area (Å²) in [5, 5.41) is 0. The maximum atomic E-state index is 13.6. The average Bonchev–Trinajstić information content (AvgIpc) is 2.90. The fourth-order valence-corrected chi connectivity index (χ4v) is 4.37. The lowest BCUT2D eigenvalue weighted by atomic mass is 9.88. The molecule has 3 aromatic rings. The van der Waals surface area contributed by atoms with Gasteiger partial charge in [-0.1, -0.05) is 91.0 Å². The largest absolute Gasteiger partial charge is 0.351 e. The molecule has 35 heavy (non-hydrogen) atoms. The normalized spacial score (nSPS) is 12.1. The Labute approximate surface area is 209 Å². The highest BCUT2D eigenvalue weighted by Crippen LogP contribution is 2.28. The molecule has 3 aromatic carbocycles. The summed E-state index contributed by atoms with van der Waals surface area (Å²) in [4.78, 5) is 15.4. The first kappa shape index (κ1) is 26.6. The van der Waals surface area contributed by atoms with Crippen LogP contribution in [-0.2, 0) is 20.7 Å². The third kappa shape index (κ3) is 8.32. The monoisotopic (exact) mass is 474 g/mol. The number of ether oxygens (including phenoxy) is 2. The van der Waals surface area contributed by atoms with E-state index in [2.05, 4.69) is 48.5 Å². The molecule has 0 aromatic heterocycles. The van der Waals surface area contributed by atoms with Gasteiger partial charge in [0.15, 0.2) is 6.29 Å². The second-order valence-electron chi connectivity index (χ2n) is 8.58. The van der Waals surface area contributed by atoms with E-state index in [1.807, 2.05) is 61.2 Å². The van der Waals surface area contributed by atoms with Crippen LogP contribution in [0, 0.1) is 0 Å². The van der Waals surface area contributed by atoms with Gasteiger partial charge in [0.25, 0.3) is 0 Å². The van der Waals surface area contributed by atoms with Gasteiger partial charge in [-0.05, 0) is 43.4 Å². The summed E-state index contributed by atoms with van der Waals surface area (Å²) in [6.07, 6.45) is 0.776. The van der Waals surface area contributed by atoms with Crippen molar-refractivity contribution < 1.29 is 14.3 Å². The Hall–Kier alpha value is -2.99. The Morgan fingerprint density at radius 3 is 1.77 bits per heavy atom. The van der Waals surface area contributed by atoms with E-state index in [1.165, 1.54) is 11.1 Å². The van der Waals surface area contributed by atoms with Gasteiger partial charge >= 0.3 is 0 Å². The van der Waals surface area contributed by atoms with Crippen LogP contribution in [0.2, 0.25) is 0 Å². The maximum absolute atomic E-state index is 13.6. The van der Waals surface area contributed by atoms with Crippen molar-refractivity contribution in [2.24, 2.45) is 5.73 Å². The smallest absolute Gasteiger partial charge is 0.240 e. The number of carbonyl (C=O) groups excluding carboxylic acids is 1. The molecule has 0 radical (unpaired) electrons. The highest BCUT2D eigenvalue weighted by atomic mass is 16.7. The quantitative estimate of drug-likeness (QED) is 0.334. The van der Waals surface area contributed by atoms with E-state index in [0.29, 0.717) is 32.7 Å². The van der Waals surface area contributed by atoms with Gasteiger partial charge in [0.1, 0.15) is 0 Å². The van der Waals surface area contributed by atoms with E-state index in [1.54, 1.807) is 0 Å². The lowest BCUT2D eigenvalue weighted by molar-refractivity contribution is -0.159. The van der Waals surface area contributed by atoms with Gasteiger partial charge in [-0.15, -0.1) is 0 Å². The summed E-state index contributed by atoms with van der Waals surface area (Å²) < 4.78 is 11.6. The van der Waals surface area contributed by atoms with Gasteiger partial charge in [0.2, 0.25) is 5.91 Å². The van der Waals surface area contributed by atoms with Crippen LogP contribution in [0.1, 0.15) is 42.9 Å². The number of hydrogen-bond donors (Lipinski definition) is 1. The minimum atomic E-state index is -0.631. The molecule has 5 heteroatoms. The van der Waals surface area contributed by atoms with E-state index in [4.69, 9.17) is 15.2 Å². The van der Waals surface area contributed by atoms with Crippen molar-refractivity contribution in [2.45, 2.75) is 44.9 Å². The molecular weight excluding hydrogens is 436 g/mol. The molecule has 1 atom stereocenters. The molecule has 0 fully saturated rings. The van der Waals surface area contributed by atoms with Crippen LogP contribution in [0.5, 0.6) is 0 Å². The van der Waals surface area contributed by atoms with E-state index in [9.17, 15) is 4.79 Å². The standard InChI is InChI=1S/C30H38N2O3/c1-3-34-29(35-4-2)23-32(30(33)28(31)22-24-14-8-5-9-15-24)21-20-27(25-16-10-6-11-17-25)26-18-12-7-13-19-26/h5-19,27-29H,3-4,20-23,31H2,1-2H3/t28-/m0/s1. The lowest BCUT2D eigenvalue weighted by Crippen LogP contribution is -2.49. The predicted molar refractivity (Wildman–Crippen MR) is 141 cm³/mol. The number of nitrogens with zero attached hydrogens (tertiary/aromatic N) is 1. The van der Waals surface area contributed by atoms with Crippen LogP contribution in [0.25, 0.3) is 0 Å². The molecule has 0 unspecified atom stereocenters. The van der Waals surface area contributed by atoms with E-state index in [-0.39, 0.29) is 11.8 Å². The molecule has 0 bridgehead atoms. The lowest BCUT2D eigenvalue weighted by Gasteiger charge is -2.31. The Balaban J connectivity index is 1.80. The second-order valence-corrected chi connectivity index (χ2v) is 8.58. The highest BCUT2D eigenvalue weighted by molar-refractivity contribution is 5.82. The first-order chi connectivity index (χ1) is 17.1. The molecule has 186 valence electrons. The van der Waals surface area contributed by atoms with Crippen LogP contribution < -0.4 is 5.73 Å². The van der Waals surface area contributed by atoms with Crippen LogP contribution >= 0.6 is 0 Å². The molecule has 2 N–H and O–H groups in total. The van der Waals surface area contributed by atoms with E-state index in [0.717, 1.165) is 12.0 Å². The van der Waals surface area contributed by atoms with Crippen molar-refractivity contribution in [2.75, 3.05) is 26.3 Å². The van der Waals surface area contributed by atoms with Crippen LogP contribution in [0.4, 0.5) is 0 Å². The van der Waals surface area contributed by atoms with Crippen LogP contribution in [0.3, 0.4) is 0 Å². The van der Waals surface area contributed by atoms with Crippen molar-refractivity contribution in [1.29, 1.82) is 0 Å². The topological polar surface area (TPSA) is 64.8 Å². The first-order valence-electron chi connectivity index (χ1n) is 12.5. The Bertz CT molecular complexity index is 937. The number of rotatable bonds is 14. The van der Waals surface area contributed by atoms with Crippen molar-refractivity contribution >= 4 is 5.91 Å². The average molecular weight is 475 g/mol. The van der Waals surface area contributed by atoms with Gasteiger partial charge < -0.3 is 20.1 Å². The summed E-state index contributed by atoms with van der Waals surface area (Å²) in [6, 6.07) is 30.1. The SMILES string of the molecule is CCOC(CN(CCC(c1ccccc1)c1ccccc1)C(=O)[C@@H](N)Cc1ccccc1)OCC. The molecular formula is C30H38N2O3. The van der Waals surface area contributed by atoms with Crippen molar-refractivity contribution in [1.82, 2.24) is 4.90 Å². The van der Waals surface area contributed by atoms with Gasteiger partial charge in [-0.25, -0.2) is 0 Å². The molecule has 0 aliphatic carbocycles. The maximum Gasteiger partial charge on any atom is 0.240 e. The number of nitrogens with two attached hydrogens (primary N) is 1. The number of carbonyl (C=O) groups is 1. The van der Waals surface area contributed by atoms with Crippen molar-refractivity contribution in [3.63, 3.8) is 0 Å². The van der Waals surface area contributed by atoms with Gasteiger partial charge in [0.05, 0.1) is 12.6 Å². The molecule has 3 rings (SSSR count). The second kappa shape index (κ2) is 14.4. The van der Waals surface area contributed by atoms with Crippen LogP contribution in [-0.4, -0.2) is 49.4 Å². The fourth-order valence-electron chi connectivity index (χ4n) is 4.37. The zero-order chi connectivity index (χ0) is 24.9. The van der Waals surface area contributed by atoms with Crippen molar-refractivity contribution in [3.8, 4) is 0 Å². The van der Waals surface area contributed by atoms with Gasteiger partial charge in [-0.3, -0.25) is 4.79 Å². The fraction of sp³-hybridized carbons (Fsp3) is 0.367. The number of hydrogen-bond acceptors (Lipinski definition) is 4. The minimum Gasteiger partial charge on any atom is -0.351 e. The zero-order valence-corrected chi connectivity index (χ0v) is 20.9. The third-order valence-electron chi connectivity index (χ3n) is 6.09. The first-order valence-corrected chi connectivity index (χ1v) is 12.5. The Kier molecular flexibility index (Phi) is 11.0. The predicted octanol–water partition coefficient (Wildman–Crippen LogP) is 5.01. The van der Waals surface area contributed by atoms with Crippen molar-refractivity contribution in [3.05, 3.63) is 108 Å². The minimum absolute atomic E-state index is 0.0851. The molecule has 0 saturated carbocycles. The molecule has 0 saturated heterocycles. The Morgan fingerprint density at radius 1 is 0.800 bits per heavy atom. The number of amides is 1. The zero-order valence-electron chi connectivity index (χ0n) is 20.9. The summed E-state index contributed by atoms with van der Waals surface area (Å²) in [5.41, 5.74) is 9.93. The molecule has 0 spiro atoms. The Morgan fingerprint density at radius 2 is 1.29 bits per heavy atom. The number of benzene rings is 3. The molecule has 0 aliphatic rings. The summed E-state index contributed by atoms with van der Waals surface area (Å²) in [6.45, 7) is 5.78. The molecule has 0 heterocycles. The summed E-state index contributed by atoms with van der Waals surface area (Å²) in [5.74, 6) is 0.0776. The van der Waals surface area contributed by atoms with Gasteiger partial charge in [0, 0.05) is 25.7 Å². The molecule has 0 aliphatic heterocycles. The third-order valence-corrected chi connectivity index (χ3v) is 6.09. The molecule has 5 nitrogen and oxygen atoms in total. The van der Waals surface area contributed by atoms with Crippen LogP contribution in [0.15, 0.2) is 91.0 Å². The van der Waals surface area contributed by atoms with Gasteiger partial charge in [-0.2, -0.15) is 0 Å². The summed E-state index contributed by atoms with van der Waals surface area (Å²) in [7, 11) is 0. The molecule has 1 amide bonds. The van der Waals surface area contributed by atoms with E-state index < -0.39 is 12.3 Å². The highest BCUT2D eigenvalue weighted by Gasteiger charge is 2.26. The summed E-state index contributed by atoms with van der Waals surface area (Å²) >= 11 is 0. The van der Waals surface area contributed by atoms with E-state index >= 15 is 0 Å².